The van der Waals surface area contributed by atoms with Crippen LogP contribution in [0, 0.1) is 3.57 Å². The molecule has 0 saturated heterocycles. The number of ether oxygens (including phenoxy) is 1. The van der Waals surface area contributed by atoms with Crippen molar-refractivity contribution < 1.29 is 19.7 Å². The summed E-state index contributed by atoms with van der Waals surface area (Å²) in [5.74, 6) is 0.113. The number of phenols is 1. The lowest BCUT2D eigenvalue weighted by molar-refractivity contribution is -0.138. The third-order valence-electron chi connectivity index (χ3n) is 2.96. The van der Waals surface area contributed by atoms with Crippen molar-refractivity contribution in [1.29, 1.82) is 0 Å². The van der Waals surface area contributed by atoms with Gasteiger partial charge in [0, 0.05) is 0 Å². The van der Waals surface area contributed by atoms with E-state index in [9.17, 15) is 9.90 Å². The summed E-state index contributed by atoms with van der Waals surface area (Å²) >= 11 is 2.07. The van der Waals surface area contributed by atoms with E-state index in [0.717, 1.165) is 9.13 Å². The second-order valence-corrected chi connectivity index (χ2v) is 5.90. The fraction of sp³-hybridized carbons (Fsp3) is 0.133. The number of carbonyl (C=O) groups is 1. The molecule has 0 bridgehead atoms. The van der Waals surface area contributed by atoms with Gasteiger partial charge in [-0.3, -0.25) is 4.79 Å². The molecule has 0 unspecified atom stereocenters. The molecule has 116 valence electrons. The first-order valence-corrected chi connectivity index (χ1v) is 7.48. The molecule has 2 rings (SSSR count). The Bertz CT molecular complexity index is 665. The van der Waals surface area contributed by atoms with Crippen LogP contribution >= 0.6 is 22.6 Å². The Kier molecular flexibility index (Phi) is 5.09. The summed E-state index contributed by atoms with van der Waals surface area (Å²) in [4.78, 5) is 10.8. The van der Waals surface area contributed by atoms with Crippen molar-refractivity contribution in [3.8, 4) is 17.2 Å². The zero-order valence-electron chi connectivity index (χ0n) is 11.5. The Morgan fingerprint density at radius 1 is 1.27 bits per heavy atom. The quantitative estimate of drug-likeness (QED) is 0.441. The number of nitrogen functional groups attached to an aromatic ring is 1. The summed E-state index contributed by atoms with van der Waals surface area (Å²) in [6.07, 6.45) is 0.190. The van der Waals surface area contributed by atoms with Gasteiger partial charge < -0.3 is 26.4 Å². The Morgan fingerprint density at radius 3 is 2.45 bits per heavy atom. The fourth-order valence-corrected chi connectivity index (χ4v) is 2.69. The van der Waals surface area contributed by atoms with Crippen LogP contribution < -0.4 is 16.2 Å². The van der Waals surface area contributed by atoms with Gasteiger partial charge in [0.1, 0.15) is 17.5 Å². The van der Waals surface area contributed by atoms with Crippen molar-refractivity contribution >= 4 is 34.2 Å². The van der Waals surface area contributed by atoms with Crippen molar-refractivity contribution in [3.63, 3.8) is 0 Å². The molecule has 0 radical (unpaired) electrons. The molecule has 0 aliphatic heterocycles. The highest BCUT2D eigenvalue weighted by atomic mass is 127. The molecule has 0 aliphatic rings. The zero-order chi connectivity index (χ0) is 16.3. The van der Waals surface area contributed by atoms with Gasteiger partial charge in [-0.15, -0.1) is 0 Å². The van der Waals surface area contributed by atoms with E-state index < -0.39 is 12.0 Å². The number of nitrogens with two attached hydrogens (primary N) is 2. The highest BCUT2D eigenvalue weighted by Crippen LogP contribution is 2.34. The molecule has 0 heterocycles. The minimum Gasteiger partial charge on any atom is -0.508 e. The van der Waals surface area contributed by atoms with Crippen LogP contribution in [0.2, 0.25) is 0 Å². The molecule has 1 atom stereocenters. The maximum atomic E-state index is 10.8. The third-order valence-corrected chi connectivity index (χ3v) is 3.76. The molecule has 6 N–H and O–H groups in total. The first-order chi connectivity index (χ1) is 10.4. The molecule has 2 aromatic carbocycles. The minimum atomic E-state index is -1.06. The van der Waals surface area contributed by atoms with Gasteiger partial charge in [-0.05, 0) is 71.0 Å². The Labute approximate surface area is 140 Å². The van der Waals surface area contributed by atoms with Gasteiger partial charge in [0.15, 0.2) is 5.75 Å². The van der Waals surface area contributed by atoms with Gasteiger partial charge in [-0.1, -0.05) is 0 Å². The topological polar surface area (TPSA) is 119 Å². The van der Waals surface area contributed by atoms with E-state index in [2.05, 4.69) is 22.6 Å². The maximum Gasteiger partial charge on any atom is 0.320 e. The van der Waals surface area contributed by atoms with Crippen molar-refractivity contribution in [1.82, 2.24) is 0 Å². The second-order valence-electron chi connectivity index (χ2n) is 4.74. The van der Waals surface area contributed by atoms with Crippen molar-refractivity contribution in [2.75, 3.05) is 5.73 Å². The lowest BCUT2D eigenvalue weighted by atomic mass is 10.1. The van der Waals surface area contributed by atoms with Crippen LogP contribution in [0.15, 0.2) is 36.4 Å². The number of aliphatic carboxylic acids is 1. The minimum absolute atomic E-state index is 0.146. The molecule has 0 amide bonds. The molecule has 2 aromatic rings. The van der Waals surface area contributed by atoms with Crippen LogP contribution in [-0.4, -0.2) is 22.2 Å². The molecule has 0 fully saturated rings. The van der Waals surface area contributed by atoms with Gasteiger partial charge in [-0.2, -0.15) is 0 Å². The first kappa shape index (κ1) is 16.4. The summed E-state index contributed by atoms with van der Waals surface area (Å²) in [7, 11) is 0. The number of carboxylic acid groups (broad SMARTS) is 1. The van der Waals surface area contributed by atoms with Crippen LogP contribution in [0.1, 0.15) is 5.56 Å². The maximum absolute atomic E-state index is 10.8. The van der Waals surface area contributed by atoms with E-state index in [-0.39, 0.29) is 12.2 Å². The van der Waals surface area contributed by atoms with Crippen LogP contribution in [-0.2, 0) is 11.2 Å². The van der Waals surface area contributed by atoms with Gasteiger partial charge >= 0.3 is 5.97 Å². The van der Waals surface area contributed by atoms with Gasteiger partial charge in [0.2, 0.25) is 0 Å². The Hall–Kier alpha value is -2.00. The average Bonchev–Trinajstić information content (AvgIpc) is 2.44. The lowest BCUT2D eigenvalue weighted by Gasteiger charge is -2.14. The van der Waals surface area contributed by atoms with Crippen LogP contribution in [0.25, 0.3) is 0 Å². The van der Waals surface area contributed by atoms with Gasteiger partial charge in [0.05, 0.1) is 9.26 Å². The summed E-state index contributed by atoms with van der Waals surface area (Å²) in [5.41, 5.74) is 12.6. The summed E-state index contributed by atoms with van der Waals surface area (Å²) in [5, 5.41) is 18.1. The zero-order valence-corrected chi connectivity index (χ0v) is 13.6. The van der Waals surface area contributed by atoms with E-state index in [0.29, 0.717) is 17.2 Å². The number of carboxylic acids is 1. The summed E-state index contributed by atoms with van der Waals surface area (Å²) in [6, 6.07) is 8.74. The molecular formula is C15H15IN2O4. The number of hydrogen-bond acceptors (Lipinski definition) is 5. The Balaban J connectivity index is 2.23. The number of benzene rings is 2. The SMILES string of the molecule is Nc1cc(C[C@H](N)C(=O)O)cc(I)c1Oc1ccc(O)cc1. The molecule has 6 nitrogen and oxygen atoms in total. The number of anilines is 1. The monoisotopic (exact) mass is 414 g/mol. The third kappa shape index (κ3) is 4.01. The van der Waals surface area contributed by atoms with Gasteiger partial charge in [0.25, 0.3) is 0 Å². The number of rotatable bonds is 5. The standard InChI is InChI=1S/C15H15IN2O4/c16-11-5-8(7-13(18)15(20)21)6-12(17)14(11)22-10-3-1-9(19)2-4-10/h1-6,13,19H,7,17-18H2,(H,20,21)/t13-/m0/s1. The van der Waals surface area contributed by atoms with E-state index in [1.807, 2.05) is 0 Å². The predicted octanol–water partition coefficient (Wildman–Crippen LogP) is 2.33. The number of aromatic hydroxyl groups is 1. The molecule has 0 aromatic heterocycles. The molecular weight excluding hydrogens is 399 g/mol. The van der Waals surface area contributed by atoms with Crippen molar-refractivity contribution in [2.24, 2.45) is 5.73 Å². The van der Waals surface area contributed by atoms with E-state index in [1.165, 1.54) is 12.1 Å². The summed E-state index contributed by atoms with van der Waals surface area (Å²) < 4.78 is 6.46. The second kappa shape index (κ2) is 6.84. The van der Waals surface area contributed by atoms with E-state index in [1.54, 1.807) is 24.3 Å². The number of phenolic OH excluding ortho intramolecular Hbond substituents is 1. The Morgan fingerprint density at radius 2 is 1.91 bits per heavy atom. The molecule has 22 heavy (non-hydrogen) atoms. The van der Waals surface area contributed by atoms with E-state index in [4.69, 9.17) is 21.3 Å². The normalized spacial score (nSPS) is 11.9. The van der Waals surface area contributed by atoms with Crippen molar-refractivity contribution in [3.05, 3.63) is 45.5 Å². The van der Waals surface area contributed by atoms with Crippen molar-refractivity contribution in [2.45, 2.75) is 12.5 Å². The number of halogens is 1. The van der Waals surface area contributed by atoms with Gasteiger partial charge in [-0.25, -0.2) is 0 Å². The van der Waals surface area contributed by atoms with Crippen LogP contribution in [0.5, 0.6) is 17.2 Å². The molecule has 0 aliphatic carbocycles. The highest BCUT2D eigenvalue weighted by molar-refractivity contribution is 14.1. The number of hydrogen-bond donors (Lipinski definition) is 4. The average molecular weight is 414 g/mol. The highest BCUT2D eigenvalue weighted by Gasteiger charge is 2.15. The van der Waals surface area contributed by atoms with Crippen LogP contribution in [0.3, 0.4) is 0 Å². The predicted molar refractivity (Wildman–Crippen MR) is 91.1 cm³/mol. The first-order valence-electron chi connectivity index (χ1n) is 6.40. The molecule has 0 spiro atoms. The molecule has 7 heteroatoms. The largest absolute Gasteiger partial charge is 0.508 e. The summed E-state index contributed by atoms with van der Waals surface area (Å²) in [6.45, 7) is 0. The molecule has 0 saturated carbocycles. The van der Waals surface area contributed by atoms with E-state index >= 15 is 0 Å². The smallest absolute Gasteiger partial charge is 0.320 e. The van der Waals surface area contributed by atoms with Crippen LogP contribution in [0.4, 0.5) is 5.69 Å². The lowest BCUT2D eigenvalue weighted by Crippen LogP contribution is -2.32. The fourth-order valence-electron chi connectivity index (χ4n) is 1.87.